The molecule has 6 nitrogen and oxygen atoms in total. The molecule has 30 heavy (non-hydrogen) atoms. The number of rotatable bonds is 8. The smallest absolute Gasteiger partial charge is 0.305 e. The van der Waals surface area contributed by atoms with Crippen molar-refractivity contribution in [3.63, 3.8) is 0 Å². The number of para-hydroxylation sites is 1. The number of methoxy groups -OCH3 is 2. The van der Waals surface area contributed by atoms with E-state index in [4.69, 9.17) is 15.2 Å². The van der Waals surface area contributed by atoms with E-state index in [0.717, 1.165) is 22.5 Å². The number of carbonyl (C=O) groups excluding carboxylic acids is 2. The van der Waals surface area contributed by atoms with Crippen molar-refractivity contribution in [3.8, 4) is 16.9 Å². The fourth-order valence-corrected chi connectivity index (χ4v) is 3.80. The molecule has 0 atom stereocenters. The first-order valence-electron chi connectivity index (χ1n) is 9.73. The second-order valence-corrected chi connectivity index (χ2v) is 6.99. The van der Waals surface area contributed by atoms with Crippen LogP contribution < -0.4 is 10.5 Å². The van der Waals surface area contributed by atoms with E-state index >= 15 is 0 Å². The van der Waals surface area contributed by atoms with Crippen LogP contribution in [-0.4, -0.2) is 30.7 Å². The Kier molecular flexibility index (Phi) is 6.57. The Morgan fingerprint density at radius 1 is 1.00 bits per heavy atom. The van der Waals surface area contributed by atoms with Crippen LogP contribution >= 0.6 is 0 Å². The Morgan fingerprint density at radius 3 is 2.30 bits per heavy atom. The van der Waals surface area contributed by atoms with Crippen molar-refractivity contribution >= 4 is 11.9 Å². The van der Waals surface area contributed by atoms with Gasteiger partial charge in [0, 0.05) is 29.1 Å². The van der Waals surface area contributed by atoms with Crippen LogP contribution in [0.1, 0.15) is 33.7 Å². The Morgan fingerprint density at radius 2 is 1.67 bits per heavy atom. The molecule has 3 aromatic rings. The molecular formula is C24H26N2O4. The molecule has 2 N–H and O–H groups in total. The first kappa shape index (κ1) is 21.2. The number of carbonyl (C=O) groups is 2. The van der Waals surface area contributed by atoms with Crippen molar-refractivity contribution in [2.45, 2.75) is 26.3 Å². The van der Waals surface area contributed by atoms with Crippen molar-refractivity contribution in [3.05, 3.63) is 77.1 Å². The predicted octanol–water partition coefficient (Wildman–Crippen LogP) is 3.72. The molecule has 0 fully saturated rings. The van der Waals surface area contributed by atoms with Crippen LogP contribution in [0.5, 0.6) is 5.75 Å². The number of hydrogen-bond acceptors (Lipinski definition) is 4. The van der Waals surface area contributed by atoms with Crippen LogP contribution in [0.4, 0.5) is 0 Å². The van der Waals surface area contributed by atoms with E-state index in [2.05, 4.69) is 4.57 Å². The van der Waals surface area contributed by atoms with Gasteiger partial charge in [0.05, 0.1) is 26.2 Å². The van der Waals surface area contributed by atoms with Crippen molar-refractivity contribution < 1.29 is 19.1 Å². The first-order chi connectivity index (χ1) is 14.5. The lowest BCUT2D eigenvalue weighted by Gasteiger charge is -2.14. The molecule has 0 radical (unpaired) electrons. The third-order valence-electron chi connectivity index (χ3n) is 5.23. The molecule has 1 heterocycles. The fourth-order valence-electron chi connectivity index (χ4n) is 3.80. The van der Waals surface area contributed by atoms with Gasteiger partial charge >= 0.3 is 5.97 Å². The van der Waals surface area contributed by atoms with Crippen LogP contribution in [-0.2, 0) is 22.5 Å². The maximum absolute atomic E-state index is 12.5. The van der Waals surface area contributed by atoms with E-state index in [1.165, 1.54) is 7.11 Å². The quantitative estimate of drug-likeness (QED) is 0.578. The molecule has 0 unspecified atom stereocenters. The highest BCUT2D eigenvalue weighted by molar-refractivity contribution is 6.03. The summed E-state index contributed by atoms with van der Waals surface area (Å²) in [5.74, 6) is -0.192. The molecule has 0 spiro atoms. The van der Waals surface area contributed by atoms with E-state index in [-0.39, 0.29) is 12.4 Å². The summed E-state index contributed by atoms with van der Waals surface area (Å²) in [5.41, 5.74) is 10.4. The van der Waals surface area contributed by atoms with Gasteiger partial charge in [0.25, 0.3) is 5.91 Å². The topological polar surface area (TPSA) is 83.6 Å². The van der Waals surface area contributed by atoms with Crippen LogP contribution in [0.25, 0.3) is 11.1 Å². The molecular weight excluding hydrogens is 380 g/mol. The van der Waals surface area contributed by atoms with Crippen LogP contribution in [0.15, 0.2) is 54.6 Å². The zero-order valence-electron chi connectivity index (χ0n) is 17.5. The monoisotopic (exact) mass is 406 g/mol. The molecule has 156 valence electrons. The number of amides is 1. The standard InChI is InChI=1S/C24H26N2O4/c1-16-22(24(25)28)23(18-11-7-8-12-20(18)29-2)19(13-14-21(27)30-3)26(16)15-17-9-5-4-6-10-17/h4-12H,13-15H2,1-3H3,(H2,25,28). The second-order valence-electron chi connectivity index (χ2n) is 6.99. The van der Waals surface area contributed by atoms with E-state index in [1.807, 2.05) is 61.5 Å². The molecule has 1 amide bonds. The van der Waals surface area contributed by atoms with Gasteiger partial charge in [-0.1, -0.05) is 48.5 Å². The average molecular weight is 406 g/mol. The van der Waals surface area contributed by atoms with Crippen molar-refractivity contribution in [2.24, 2.45) is 5.73 Å². The van der Waals surface area contributed by atoms with Crippen molar-refractivity contribution in [1.82, 2.24) is 4.57 Å². The normalized spacial score (nSPS) is 10.6. The number of aromatic nitrogens is 1. The van der Waals surface area contributed by atoms with Crippen molar-refractivity contribution in [1.29, 1.82) is 0 Å². The molecule has 2 aromatic carbocycles. The van der Waals surface area contributed by atoms with Gasteiger partial charge in [-0.3, -0.25) is 9.59 Å². The van der Waals surface area contributed by atoms with Gasteiger partial charge in [0.15, 0.2) is 0 Å². The highest BCUT2D eigenvalue weighted by Crippen LogP contribution is 2.39. The number of primary amides is 1. The molecule has 0 bridgehead atoms. The fraction of sp³-hybridized carbons (Fsp3) is 0.250. The third-order valence-corrected chi connectivity index (χ3v) is 5.23. The Labute approximate surface area is 176 Å². The minimum Gasteiger partial charge on any atom is -0.496 e. The zero-order valence-corrected chi connectivity index (χ0v) is 17.5. The highest BCUT2D eigenvalue weighted by Gasteiger charge is 2.27. The number of esters is 1. The number of nitrogens with zero attached hydrogens (tertiary/aromatic N) is 1. The van der Waals surface area contributed by atoms with Gasteiger partial charge in [-0.2, -0.15) is 0 Å². The minimum atomic E-state index is -0.514. The molecule has 6 heteroatoms. The largest absolute Gasteiger partial charge is 0.496 e. The summed E-state index contributed by atoms with van der Waals surface area (Å²) in [6, 6.07) is 17.4. The Balaban J connectivity index is 2.25. The zero-order chi connectivity index (χ0) is 21.7. The Hall–Kier alpha value is -3.54. The summed E-state index contributed by atoms with van der Waals surface area (Å²) in [5, 5.41) is 0. The minimum absolute atomic E-state index is 0.190. The average Bonchev–Trinajstić information content (AvgIpc) is 3.04. The Bertz CT molecular complexity index is 1050. The van der Waals surface area contributed by atoms with Crippen LogP contribution in [0.2, 0.25) is 0 Å². The van der Waals surface area contributed by atoms with Gasteiger partial charge in [-0.25, -0.2) is 0 Å². The van der Waals surface area contributed by atoms with Gasteiger partial charge in [-0.15, -0.1) is 0 Å². The number of ether oxygens (including phenoxy) is 2. The van der Waals surface area contributed by atoms with E-state index in [0.29, 0.717) is 29.8 Å². The highest BCUT2D eigenvalue weighted by atomic mass is 16.5. The first-order valence-corrected chi connectivity index (χ1v) is 9.73. The predicted molar refractivity (Wildman–Crippen MR) is 116 cm³/mol. The lowest BCUT2D eigenvalue weighted by atomic mass is 9.97. The molecule has 0 saturated heterocycles. The second kappa shape index (κ2) is 9.31. The molecule has 0 saturated carbocycles. The van der Waals surface area contributed by atoms with E-state index < -0.39 is 5.91 Å². The summed E-state index contributed by atoms with van der Waals surface area (Å²) < 4.78 is 12.4. The molecule has 3 rings (SSSR count). The van der Waals surface area contributed by atoms with E-state index in [1.54, 1.807) is 7.11 Å². The molecule has 1 aromatic heterocycles. The van der Waals surface area contributed by atoms with Gasteiger partial charge < -0.3 is 19.8 Å². The van der Waals surface area contributed by atoms with Gasteiger partial charge in [-0.05, 0) is 25.0 Å². The number of benzene rings is 2. The van der Waals surface area contributed by atoms with Gasteiger partial charge in [0.1, 0.15) is 5.75 Å². The summed E-state index contributed by atoms with van der Waals surface area (Å²) in [6.45, 7) is 2.43. The summed E-state index contributed by atoms with van der Waals surface area (Å²) in [7, 11) is 2.96. The molecule has 0 aliphatic heterocycles. The number of nitrogens with two attached hydrogens (primary N) is 1. The maximum Gasteiger partial charge on any atom is 0.305 e. The summed E-state index contributed by atoms with van der Waals surface area (Å²) in [6.07, 6.45) is 0.593. The van der Waals surface area contributed by atoms with Crippen LogP contribution in [0.3, 0.4) is 0 Å². The number of hydrogen-bond donors (Lipinski definition) is 1. The molecule has 0 aliphatic rings. The van der Waals surface area contributed by atoms with Crippen molar-refractivity contribution in [2.75, 3.05) is 14.2 Å². The maximum atomic E-state index is 12.5. The summed E-state index contributed by atoms with van der Waals surface area (Å²) in [4.78, 5) is 24.4. The third kappa shape index (κ3) is 4.22. The van der Waals surface area contributed by atoms with E-state index in [9.17, 15) is 9.59 Å². The summed E-state index contributed by atoms with van der Waals surface area (Å²) >= 11 is 0. The molecule has 0 aliphatic carbocycles. The lowest BCUT2D eigenvalue weighted by molar-refractivity contribution is -0.140. The SMILES string of the molecule is COC(=O)CCc1c(-c2ccccc2OC)c(C(N)=O)c(C)n1Cc1ccccc1. The lowest BCUT2D eigenvalue weighted by Crippen LogP contribution is -2.13. The van der Waals surface area contributed by atoms with Gasteiger partial charge in [0.2, 0.25) is 0 Å². The van der Waals surface area contributed by atoms with Crippen LogP contribution in [0, 0.1) is 6.92 Å².